The van der Waals surface area contributed by atoms with Crippen LogP contribution in [-0.2, 0) is 20.9 Å². The maximum absolute atomic E-state index is 13.4. The number of hydrogen-bond donors (Lipinski definition) is 1. The van der Waals surface area contributed by atoms with Gasteiger partial charge in [-0.1, -0.05) is 49.0 Å². The number of hydrogen-bond acceptors (Lipinski definition) is 6. The van der Waals surface area contributed by atoms with Crippen LogP contribution in [0.15, 0.2) is 69.8 Å². The fourth-order valence-corrected chi connectivity index (χ4v) is 3.87. The second-order valence-electron chi connectivity index (χ2n) is 6.68. The number of carbonyl (C=O) groups is 2. The van der Waals surface area contributed by atoms with Gasteiger partial charge in [0.15, 0.2) is 0 Å². The summed E-state index contributed by atoms with van der Waals surface area (Å²) in [5, 5.41) is 10.8. The zero-order valence-electron chi connectivity index (χ0n) is 17.6. The van der Waals surface area contributed by atoms with Crippen LogP contribution in [0.3, 0.4) is 0 Å². The summed E-state index contributed by atoms with van der Waals surface area (Å²) in [6.07, 6.45) is 1.80. The highest BCUT2D eigenvalue weighted by atomic mass is 32.2. The van der Waals surface area contributed by atoms with Crippen LogP contribution in [-0.4, -0.2) is 28.6 Å². The van der Waals surface area contributed by atoms with E-state index in [1.807, 2.05) is 0 Å². The predicted molar refractivity (Wildman–Crippen MR) is 122 cm³/mol. The van der Waals surface area contributed by atoms with Crippen LogP contribution in [0.2, 0.25) is 0 Å². The fourth-order valence-electron chi connectivity index (χ4n) is 2.84. The fraction of sp³-hybridized carbons (Fsp3) is 0.208. The molecule has 0 aliphatic carbocycles. The highest BCUT2D eigenvalue weighted by Crippen LogP contribution is 2.40. The zero-order chi connectivity index (χ0) is 23.1. The van der Waals surface area contributed by atoms with Crippen LogP contribution in [0.5, 0.6) is 5.75 Å². The lowest BCUT2D eigenvalue weighted by molar-refractivity contribution is -0.138. The summed E-state index contributed by atoms with van der Waals surface area (Å²) in [5.74, 6) is -1.32. The van der Waals surface area contributed by atoms with Crippen molar-refractivity contribution in [3.05, 3.63) is 81.7 Å². The van der Waals surface area contributed by atoms with Gasteiger partial charge in [-0.25, -0.2) is 14.2 Å². The van der Waals surface area contributed by atoms with E-state index in [0.717, 1.165) is 11.8 Å². The van der Waals surface area contributed by atoms with Gasteiger partial charge in [-0.2, -0.15) is 0 Å². The van der Waals surface area contributed by atoms with Crippen LogP contribution < -0.4 is 4.74 Å². The molecule has 8 heteroatoms. The zero-order valence-corrected chi connectivity index (χ0v) is 18.4. The molecule has 1 amide bonds. The van der Waals surface area contributed by atoms with Gasteiger partial charge in [0.05, 0.1) is 11.5 Å². The summed E-state index contributed by atoms with van der Waals surface area (Å²) in [6.45, 7) is 3.57. The monoisotopic (exact) mass is 455 g/mol. The quantitative estimate of drug-likeness (QED) is 0.578. The van der Waals surface area contributed by atoms with E-state index in [0.29, 0.717) is 21.8 Å². The van der Waals surface area contributed by atoms with E-state index in [9.17, 15) is 19.1 Å². The number of aliphatic imine (C=N–C) groups is 1. The molecule has 166 valence electrons. The normalized spacial score (nSPS) is 16.0. The van der Waals surface area contributed by atoms with Crippen molar-refractivity contribution in [2.75, 3.05) is 6.61 Å². The summed E-state index contributed by atoms with van der Waals surface area (Å²) in [6, 6.07) is 13.2. The molecule has 0 unspecified atom stereocenters. The first-order chi connectivity index (χ1) is 15.4. The lowest BCUT2D eigenvalue weighted by Gasteiger charge is -2.10. The SMILES string of the molecule is CCOC(=O)C1=C(O)/C(=C/c2ccccc2OCc2cccc(F)c2)SC1=NC(=O)CC. The van der Waals surface area contributed by atoms with E-state index in [-0.39, 0.29) is 41.8 Å². The number of halogens is 1. The van der Waals surface area contributed by atoms with E-state index in [1.165, 1.54) is 12.1 Å². The molecule has 0 aromatic heterocycles. The molecule has 0 fully saturated rings. The average Bonchev–Trinajstić information content (AvgIpc) is 3.07. The minimum Gasteiger partial charge on any atom is -0.506 e. The van der Waals surface area contributed by atoms with Crippen molar-refractivity contribution in [2.45, 2.75) is 26.9 Å². The highest BCUT2D eigenvalue weighted by Gasteiger charge is 2.33. The molecule has 1 N–H and O–H groups in total. The third kappa shape index (κ3) is 5.64. The first-order valence-electron chi connectivity index (χ1n) is 10.0. The maximum Gasteiger partial charge on any atom is 0.344 e. The molecule has 1 heterocycles. The van der Waals surface area contributed by atoms with Crippen molar-refractivity contribution in [3.63, 3.8) is 0 Å². The molecule has 0 atom stereocenters. The van der Waals surface area contributed by atoms with Crippen LogP contribution in [0.4, 0.5) is 4.39 Å². The first kappa shape index (κ1) is 23.3. The van der Waals surface area contributed by atoms with Crippen molar-refractivity contribution < 1.29 is 28.6 Å². The molecule has 1 aliphatic rings. The minimum absolute atomic E-state index is 0.0946. The van der Waals surface area contributed by atoms with Gasteiger partial charge in [-0.15, -0.1) is 0 Å². The number of carbonyl (C=O) groups excluding carboxylic acids is 2. The summed E-state index contributed by atoms with van der Waals surface area (Å²) in [5.41, 5.74) is 1.16. The average molecular weight is 456 g/mol. The molecule has 32 heavy (non-hydrogen) atoms. The topological polar surface area (TPSA) is 85.2 Å². The standard InChI is InChI=1S/C24H22FNO5S/c1-3-20(27)26-23-21(24(29)30-4-2)22(28)19(32-23)13-16-9-5-6-11-18(16)31-14-15-8-7-10-17(25)12-15/h5-13,28H,3-4,14H2,1-2H3/b19-13-,26-23?. The van der Waals surface area contributed by atoms with Gasteiger partial charge in [0.2, 0.25) is 5.91 Å². The summed E-state index contributed by atoms with van der Waals surface area (Å²) in [7, 11) is 0. The van der Waals surface area contributed by atoms with Gasteiger partial charge in [-0.3, -0.25) is 4.79 Å². The van der Waals surface area contributed by atoms with E-state index in [1.54, 1.807) is 56.3 Å². The number of thioether (sulfide) groups is 1. The van der Waals surface area contributed by atoms with Crippen molar-refractivity contribution in [3.8, 4) is 5.75 Å². The lowest BCUT2D eigenvalue weighted by atomic mass is 10.1. The molecule has 6 nitrogen and oxygen atoms in total. The van der Waals surface area contributed by atoms with Crippen LogP contribution >= 0.6 is 11.8 Å². The van der Waals surface area contributed by atoms with E-state index in [2.05, 4.69) is 4.99 Å². The number of aliphatic hydroxyl groups excluding tert-OH is 1. The van der Waals surface area contributed by atoms with Gasteiger partial charge in [0.25, 0.3) is 0 Å². The molecule has 0 saturated heterocycles. The van der Waals surface area contributed by atoms with E-state index < -0.39 is 11.9 Å². The number of benzene rings is 2. The molecular weight excluding hydrogens is 433 g/mol. The van der Waals surface area contributed by atoms with Gasteiger partial charge in [0.1, 0.15) is 34.5 Å². The molecule has 0 saturated carbocycles. The number of esters is 1. The minimum atomic E-state index is -0.751. The Balaban J connectivity index is 1.92. The lowest BCUT2D eigenvalue weighted by Crippen LogP contribution is -2.14. The largest absolute Gasteiger partial charge is 0.506 e. The molecule has 0 bridgehead atoms. The van der Waals surface area contributed by atoms with Crippen molar-refractivity contribution in [1.29, 1.82) is 0 Å². The van der Waals surface area contributed by atoms with Gasteiger partial charge in [0, 0.05) is 12.0 Å². The number of nitrogens with zero attached hydrogens (tertiary/aromatic N) is 1. The number of aliphatic hydroxyl groups is 1. The predicted octanol–water partition coefficient (Wildman–Crippen LogP) is 5.20. The summed E-state index contributed by atoms with van der Waals surface area (Å²) >= 11 is 1.00. The van der Waals surface area contributed by atoms with Crippen LogP contribution in [0.25, 0.3) is 6.08 Å². The van der Waals surface area contributed by atoms with Crippen LogP contribution in [0.1, 0.15) is 31.4 Å². The second kappa shape index (κ2) is 10.8. The number of para-hydroxylation sites is 1. The number of rotatable bonds is 7. The van der Waals surface area contributed by atoms with Crippen molar-refractivity contribution >= 4 is 34.8 Å². The Morgan fingerprint density at radius 1 is 1.16 bits per heavy atom. The van der Waals surface area contributed by atoms with Crippen LogP contribution in [0, 0.1) is 5.82 Å². The van der Waals surface area contributed by atoms with E-state index >= 15 is 0 Å². The Labute approximate surface area is 189 Å². The molecule has 0 spiro atoms. The second-order valence-corrected chi connectivity index (χ2v) is 7.71. The Kier molecular flexibility index (Phi) is 7.83. The van der Waals surface area contributed by atoms with Gasteiger partial charge < -0.3 is 14.6 Å². The molecule has 2 aromatic carbocycles. The van der Waals surface area contributed by atoms with E-state index in [4.69, 9.17) is 9.47 Å². The molecule has 0 radical (unpaired) electrons. The molecule has 2 aromatic rings. The Morgan fingerprint density at radius 2 is 1.94 bits per heavy atom. The molecule has 1 aliphatic heterocycles. The smallest absolute Gasteiger partial charge is 0.344 e. The number of amides is 1. The Hall–Kier alpha value is -3.39. The highest BCUT2D eigenvalue weighted by molar-refractivity contribution is 8.18. The van der Waals surface area contributed by atoms with Gasteiger partial charge >= 0.3 is 5.97 Å². The summed E-state index contributed by atoms with van der Waals surface area (Å²) < 4.78 is 24.3. The first-order valence-corrected chi connectivity index (χ1v) is 10.8. The Bertz CT molecular complexity index is 1120. The maximum atomic E-state index is 13.4. The molecule has 3 rings (SSSR count). The third-order valence-corrected chi connectivity index (χ3v) is 5.41. The van der Waals surface area contributed by atoms with Crippen molar-refractivity contribution in [2.24, 2.45) is 4.99 Å². The third-order valence-electron chi connectivity index (χ3n) is 4.39. The van der Waals surface area contributed by atoms with Crippen molar-refractivity contribution in [1.82, 2.24) is 0 Å². The number of ether oxygens (including phenoxy) is 2. The van der Waals surface area contributed by atoms with Gasteiger partial charge in [-0.05, 0) is 36.8 Å². The summed E-state index contributed by atoms with van der Waals surface area (Å²) in [4.78, 5) is 28.5. The molecular formula is C24H22FNO5S. The Morgan fingerprint density at radius 3 is 2.66 bits per heavy atom.